The van der Waals surface area contributed by atoms with Crippen molar-refractivity contribution in [2.75, 3.05) is 5.73 Å². The van der Waals surface area contributed by atoms with Crippen LogP contribution in [0.25, 0.3) is 0 Å². The molecule has 20 heavy (non-hydrogen) atoms. The fraction of sp³-hybridized carbons (Fsp3) is 0.0769. The van der Waals surface area contributed by atoms with Gasteiger partial charge in [-0.25, -0.2) is 13.6 Å². The Balaban J connectivity index is 2.14. The number of ether oxygens (including phenoxy) is 1. The molecule has 0 saturated carbocycles. The van der Waals surface area contributed by atoms with E-state index in [4.69, 9.17) is 15.6 Å². The van der Waals surface area contributed by atoms with Gasteiger partial charge in [0.25, 0.3) is 0 Å². The van der Waals surface area contributed by atoms with E-state index in [-0.39, 0.29) is 10.6 Å². The van der Waals surface area contributed by atoms with Gasteiger partial charge >= 0.3 is 0 Å². The first kappa shape index (κ1) is 14.8. The lowest BCUT2D eigenvalue weighted by Gasteiger charge is -2.09. The first-order valence-electron chi connectivity index (χ1n) is 5.66. The maximum atomic E-state index is 11.2. The van der Waals surface area contributed by atoms with Crippen LogP contribution in [-0.4, -0.2) is 8.42 Å². The number of primary sulfonamides is 1. The summed E-state index contributed by atoms with van der Waals surface area (Å²) in [6.07, 6.45) is 0. The van der Waals surface area contributed by atoms with E-state index < -0.39 is 10.0 Å². The van der Waals surface area contributed by atoms with Gasteiger partial charge in [-0.2, -0.15) is 0 Å². The fourth-order valence-corrected chi connectivity index (χ4v) is 2.76. The van der Waals surface area contributed by atoms with Crippen LogP contribution in [0.1, 0.15) is 5.56 Å². The van der Waals surface area contributed by atoms with Gasteiger partial charge in [-0.1, -0.05) is 28.1 Å². The highest BCUT2D eigenvalue weighted by Crippen LogP contribution is 2.24. The van der Waals surface area contributed by atoms with Gasteiger partial charge in [0.1, 0.15) is 17.3 Å². The van der Waals surface area contributed by atoms with Gasteiger partial charge in [-0.15, -0.1) is 0 Å². The summed E-state index contributed by atoms with van der Waals surface area (Å²) >= 11 is 3.38. The van der Waals surface area contributed by atoms with E-state index in [1.54, 1.807) is 0 Å². The molecule has 0 bridgehead atoms. The predicted octanol–water partition coefficient (Wildman–Crippen LogP) is 2.26. The molecule has 0 aliphatic carbocycles. The Morgan fingerprint density at radius 2 is 1.90 bits per heavy atom. The van der Waals surface area contributed by atoms with Crippen molar-refractivity contribution in [1.29, 1.82) is 0 Å². The molecule has 5 nitrogen and oxygen atoms in total. The molecule has 0 aromatic heterocycles. The number of hydrogen-bond donors (Lipinski definition) is 2. The van der Waals surface area contributed by atoms with Crippen LogP contribution in [0.4, 0.5) is 5.69 Å². The van der Waals surface area contributed by atoms with Gasteiger partial charge in [-0.05, 0) is 29.8 Å². The van der Waals surface area contributed by atoms with Crippen LogP contribution < -0.4 is 15.6 Å². The van der Waals surface area contributed by atoms with E-state index in [1.807, 2.05) is 24.3 Å². The molecule has 0 aliphatic heterocycles. The van der Waals surface area contributed by atoms with E-state index in [2.05, 4.69) is 15.9 Å². The summed E-state index contributed by atoms with van der Waals surface area (Å²) in [6, 6.07) is 12.0. The van der Waals surface area contributed by atoms with Gasteiger partial charge in [0.05, 0.1) is 5.69 Å². The van der Waals surface area contributed by atoms with Crippen LogP contribution in [0.15, 0.2) is 51.8 Å². The van der Waals surface area contributed by atoms with Crippen molar-refractivity contribution in [1.82, 2.24) is 0 Å². The number of anilines is 1. The zero-order valence-electron chi connectivity index (χ0n) is 10.4. The number of nitrogens with two attached hydrogens (primary N) is 2. The molecule has 0 unspecified atom stereocenters. The van der Waals surface area contributed by atoms with Crippen molar-refractivity contribution in [3.8, 4) is 5.75 Å². The zero-order chi connectivity index (χ0) is 14.8. The zero-order valence-corrected chi connectivity index (χ0v) is 12.8. The van der Waals surface area contributed by atoms with Crippen molar-refractivity contribution in [2.24, 2.45) is 5.14 Å². The van der Waals surface area contributed by atoms with Crippen molar-refractivity contribution in [3.05, 3.63) is 52.5 Å². The molecule has 4 N–H and O–H groups in total. The molecule has 2 aromatic rings. The molecule has 0 aliphatic rings. The van der Waals surface area contributed by atoms with Gasteiger partial charge in [0.2, 0.25) is 10.0 Å². The lowest BCUT2D eigenvalue weighted by molar-refractivity contribution is 0.306. The first-order valence-corrected chi connectivity index (χ1v) is 8.00. The van der Waals surface area contributed by atoms with Crippen molar-refractivity contribution >= 4 is 31.6 Å². The third kappa shape index (κ3) is 3.72. The predicted molar refractivity (Wildman–Crippen MR) is 80.7 cm³/mol. The van der Waals surface area contributed by atoms with Crippen molar-refractivity contribution in [2.45, 2.75) is 11.5 Å². The highest BCUT2D eigenvalue weighted by Gasteiger charge is 2.12. The highest BCUT2D eigenvalue weighted by molar-refractivity contribution is 9.10. The fourth-order valence-electron chi connectivity index (χ4n) is 1.67. The molecule has 0 atom stereocenters. The Bertz CT molecular complexity index is 732. The van der Waals surface area contributed by atoms with E-state index in [0.29, 0.717) is 12.4 Å². The average molecular weight is 357 g/mol. The van der Waals surface area contributed by atoms with Crippen molar-refractivity contribution < 1.29 is 13.2 Å². The standard InChI is InChI=1S/C13H13BrN2O3S/c14-10-3-1-2-9(6-10)8-19-11-4-5-13(12(15)7-11)20(16,17)18/h1-7H,8,15H2,(H2,16,17,18). The van der Waals surface area contributed by atoms with Gasteiger partial charge in [-0.3, -0.25) is 0 Å². The van der Waals surface area contributed by atoms with Crippen molar-refractivity contribution in [3.63, 3.8) is 0 Å². The molecular weight excluding hydrogens is 344 g/mol. The lowest BCUT2D eigenvalue weighted by Crippen LogP contribution is -2.14. The molecule has 0 spiro atoms. The minimum absolute atomic E-state index is 0.0687. The molecular formula is C13H13BrN2O3S. The second kappa shape index (κ2) is 5.82. The lowest BCUT2D eigenvalue weighted by atomic mass is 10.2. The summed E-state index contributed by atoms with van der Waals surface area (Å²) in [5, 5.41) is 5.04. The maximum absolute atomic E-state index is 11.2. The maximum Gasteiger partial charge on any atom is 0.240 e. The van der Waals surface area contributed by atoms with Crippen LogP contribution in [0, 0.1) is 0 Å². The highest BCUT2D eigenvalue weighted by atomic mass is 79.9. The van der Waals surface area contributed by atoms with E-state index >= 15 is 0 Å². The number of sulfonamides is 1. The third-order valence-electron chi connectivity index (χ3n) is 2.58. The van der Waals surface area contributed by atoms with Crippen LogP contribution in [0.3, 0.4) is 0 Å². The molecule has 0 heterocycles. The summed E-state index contributed by atoms with van der Waals surface area (Å²) in [5.41, 5.74) is 6.70. The smallest absolute Gasteiger partial charge is 0.240 e. The Labute approximate surface area is 125 Å². The minimum Gasteiger partial charge on any atom is -0.489 e. The average Bonchev–Trinajstić information content (AvgIpc) is 2.35. The van der Waals surface area contributed by atoms with Gasteiger partial charge < -0.3 is 10.5 Å². The van der Waals surface area contributed by atoms with Gasteiger partial charge in [0.15, 0.2) is 0 Å². The molecule has 0 amide bonds. The molecule has 7 heteroatoms. The quantitative estimate of drug-likeness (QED) is 0.821. The molecule has 2 rings (SSSR count). The molecule has 2 aromatic carbocycles. The summed E-state index contributed by atoms with van der Waals surface area (Å²) in [4.78, 5) is -0.104. The second-order valence-electron chi connectivity index (χ2n) is 4.16. The summed E-state index contributed by atoms with van der Waals surface area (Å²) in [7, 11) is -3.81. The largest absolute Gasteiger partial charge is 0.489 e. The number of hydrogen-bond acceptors (Lipinski definition) is 4. The molecule has 0 fully saturated rings. The normalized spacial score (nSPS) is 11.3. The van der Waals surface area contributed by atoms with Crippen LogP contribution in [0.2, 0.25) is 0 Å². The van der Waals surface area contributed by atoms with Crippen LogP contribution in [0.5, 0.6) is 5.75 Å². The molecule has 0 saturated heterocycles. The second-order valence-corrected chi connectivity index (χ2v) is 6.61. The van der Waals surface area contributed by atoms with E-state index in [1.165, 1.54) is 18.2 Å². The Hall–Kier alpha value is -1.57. The SMILES string of the molecule is Nc1cc(OCc2cccc(Br)c2)ccc1S(N)(=O)=O. The molecule has 0 radical (unpaired) electrons. The van der Waals surface area contributed by atoms with Crippen LogP contribution in [-0.2, 0) is 16.6 Å². The molecule has 106 valence electrons. The van der Waals surface area contributed by atoms with E-state index in [0.717, 1.165) is 10.0 Å². The summed E-state index contributed by atoms with van der Waals surface area (Å²) in [5.74, 6) is 0.481. The monoisotopic (exact) mass is 356 g/mol. The first-order chi connectivity index (χ1) is 9.36. The summed E-state index contributed by atoms with van der Waals surface area (Å²) < 4.78 is 29.0. The number of rotatable bonds is 4. The number of halogens is 1. The number of benzene rings is 2. The topological polar surface area (TPSA) is 95.4 Å². The Kier molecular flexibility index (Phi) is 4.32. The Morgan fingerprint density at radius 1 is 1.15 bits per heavy atom. The van der Waals surface area contributed by atoms with Gasteiger partial charge in [0, 0.05) is 10.5 Å². The number of nitrogen functional groups attached to an aromatic ring is 1. The van der Waals surface area contributed by atoms with E-state index in [9.17, 15) is 8.42 Å². The summed E-state index contributed by atoms with van der Waals surface area (Å²) in [6.45, 7) is 0.355. The third-order valence-corrected chi connectivity index (χ3v) is 4.06. The minimum atomic E-state index is -3.81. The Morgan fingerprint density at radius 3 is 2.50 bits per heavy atom. The van der Waals surface area contributed by atoms with Crippen LogP contribution >= 0.6 is 15.9 Å².